The van der Waals surface area contributed by atoms with Crippen LogP contribution >= 0.6 is 0 Å². The van der Waals surface area contributed by atoms with Gasteiger partial charge in [-0.15, -0.1) is 0 Å². The maximum atomic E-state index is 12.0. The molecule has 0 saturated carbocycles. The van der Waals surface area contributed by atoms with Crippen LogP contribution in [0.5, 0.6) is 0 Å². The van der Waals surface area contributed by atoms with Crippen LogP contribution in [-0.2, 0) is 9.59 Å². The highest BCUT2D eigenvalue weighted by Gasteiger charge is 2.29. The maximum absolute atomic E-state index is 12.0. The fraction of sp³-hybridized carbons (Fsp3) is 0.857. The lowest BCUT2D eigenvalue weighted by Gasteiger charge is -2.32. The average molecular weight is 273 g/mol. The summed E-state index contributed by atoms with van der Waals surface area (Å²) in [7, 11) is 0. The first-order chi connectivity index (χ1) is 8.48. The van der Waals surface area contributed by atoms with Crippen LogP contribution in [-0.4, -0.2) is 34.7 Å². The van der Waals surface area contributed by atoms with Crippen molar-refractivity contribution >= 4 is 11.9 Å². The average Bonchev–Trinajstić information content (AvgIpc) is 2.11. The van der Waals surface area contributed by atoms with Crippen molar-refractivity contribution < 1.29 is 19.8 Å². The molecule has 0 spiro atoms. The Morgan fingerprint density at radius 3 is 2.00 bits per heavy atom. The number of aliphatic hydroxyl groups excluding tert-OH is 1. The number of hydrogen-bond acceptors (Lipinski definition) is 3. The summed E-state index contributed by atoms with van der Waals surface area (Å²) in [6, 6.07) is -0.120. The number of aliphatic hydroxyl groups is 1. The molecule has 1 amide bonds. The van der Waals surface area contributed by atoms with Crippen LogP contribution in [0.1, 0.15) is 53.9 Å². The number of carboxylic acids is 1. The molecule has 1 unspecified atom stereocenters. The minimum Gasteiger partial charge on any atom is -0.481 e. The van der Waals surface area contributed by atoms with Crippen LogP contribution in [0.3, 0.4) is 0 Å². The lowest BCUT2D eigenvalue weighted by molar-refractivity contribution is -0.139. The second-order valence-corrected chi connectivity index (χ2v) is 6.91. The highest BCUT2D eigenvalue weighted by molar-refractivity contribution is 5.78. The topological polar surface area (TPSA) is 86.6 Å². The van der Waals surface area contributed by atoms with Gasteiger partial charge in [0.1, 0.15) is 0 Å². The number of hydrogen-bond donors (Lipinski definition) is 3. The normalized spacial score (nSPS) is 14.0. The molecule has 0 heterocycles. The first-order valence-corrected chi connectivity index (χ1v) is 6.60. The van der Waals surface area contributed by atoms with E-state index in [-0.39, 0.29) is 36.8 Å². The van der Waals surface area contributed by atoms with Crippen LogP contribution in [0.4, 0.5) is 0 Å². The Morgan fingerprint density at radius 2 is 1.63 bits per heavy atom. The predicted molar refractivity (Wildman–Crippen MR) is 73.7 cm³/mol. The van der Waals surface area contributed by atoms with Gasteiger partial charge in [0.25, 0.3) is 0 Å². The fourth-order valence-electron chi connectivity index (χ4n) is 2.00. The van der Waals surface area contributed by atoms with Crippen molar-refractivity contribution in [1.29, 1.82) is 0 Å². The van der Waals surface area contributed by atoms with Gasteiger partial charge in [0.15, 0.2) is 0 Å². The van der Waals surface area contributed by atoms with Crippen LogP contribution < -0.4 is 5.32 Å². The molecular formula is C14H27NO4. The van der Waals surface area contributed by atoms with E-state index < -0.39 is 11.4 Å². The largest absolute Gasteiger partial charge is 0.481 e. The van der Waals surface area contributed by atoms with E-state index in [1.165, 1.54) is 0 Å². The Bertz CT molecular complexity index is 318. The van der Waals surface area contributed by atoms with Gasteiger partial charge in [-0.2, -0.15) is 0 Å². The molecule has 112 valence electrons. The Hall–Kier alpha value is -1.10. The molecular weight excluding hydrogens is 246 g/mol. The van der Waals surface area contributed by atoms with Crippen LogP contribution in [0.25, 0.3) is 0 Å². The zero-order valence-corrected chi connectivity index (χ0v) is 12.6. The van der Waals surface area contributed by atoms with Gasteiger partial charge in [-0.3, -0.25) is 9.59 Å². The van der Waals surface area contributed by atoms with Crippen molar-refractivity contribution in [1.82, 2.24) is 5.32 Å². The number of carboxylic acid groups (broad SMARTS) is 1. The third-order valence-corrected chi connectivity index (χ3v) is 3.07. The second-order valence-electron chi connectivity index (χ2n) is 6.91. The summed E-state index contributed by atoms with van der Waals surface area (Å²) in [5.74, 6) is -1.07. The number of amides is 1. The molecule has 0 aliphatic heterocycles. The number of rotatable bonds is 7. The molecule has 0 radical (unpaired) electrons. The van der Waals surface area contributed by atoms with E-state index in [0.29, 0.717) is 6.42 Å². The first-order valence-electron chi connectivity index (χ1n) is 6.60. The summed E-state index contributed by atoms with van der Waals surface area (Å²) in [6.07, 6.45) is 0.618. The molecule has 0 fully saturated rings. The molecule has 0 aromatic rings. The molecule has 19 heavy (non-hydrogen) atoms. The molecule has 5 nitrogen and oxygen atoms in total. The Labute approximate surface area is 115 Å². The standard InChI is InChI=1S/C14H27NO4/c1-13(2,3)10(6-7-16)15-11(17)8-14(4,5)9-12(18)19/h10,16H,6-9H2,1-5H3,(H,15,17)(H,18,19). The van der Waals surface area contributed by atoms with Crippen molar-refractivity contribution in [2.75, 3.05) is 6.61 Å². The number of carbonyl (C=O) groups is 2. The molecule has 5 heteroatoms. The molecule has 1 atom stereocenters. The molecule has 0 rings (SSSR count). The molecule has 0 aromatic carbocycles. The zero-order valence-electron chi connectivity index (χ0n) is 12.6. The molecule has 0 aliphatic rings. The van der Waals surface area contributed by atoms with Gasteiger partial charge in [-0.05, 0) is 17.3 Å². The van der Waals surface area contributed by atoms with E-state index >= 15 is 0 Å². The van der Waals surface area contributed by atoms with Crippen molar-refractivity contribution in [2.45, 2.75) is 59.9 Å². The lowest BCUT2D eigenvalue weighted by Crippen LogP contribution is -2.45. The molecule has 0 aliphatic carbocycles. The second kappa shape index (κ2) is 6.89. The number of aliphatic carboxylic acids is 1. The number of carbonyl (C=O) groups excluding carboxylic acids is 1. The van der Waals surface area contributed by atoms with Gasteiger partial charge in [0.05, 0.1) is 6.42 Å². The fourth-order valence-corrected chi connectivity index (χ4v) is 2.00. The maximum Gasteiger partial charge on any atom is 0.303 e. The quantitative estimate of drug-likeness (QED) is 0.660. The third-order valence-electron chi connectivity index (χ3n) is 3.07. The summed E-state index contributed by atoms with van der Waals surface area (Å²) in [5, 5.41) is 20.7. The van der Waals surface area contributed by atoms with Gasteiger partial charge < -0.3 is 15.5 Å². The summed E-state index contributed by atoms with van der Waals surface area (Å²) in [6.45, 7) is 9.53. The highest BCUT2D eigenvalue weighted by Crippen LogP contribution is 2.26. The molecule has 3 N–H and O–H groups in total. The minimum absolute atomic E-state index is 0.0146. The SMILES string of the molecule is CC(C)(CC(=O)O)CC(=O)NC(CCO)C(C)(C)C. The van der Waals surface area contributed by atoms with Crippen molar-refractivity contribution in [2.24, 2.45) is 10.8 Å². The van der Waals surface area contributed by atoms with E-state index in [9.17, 15) is 9.59 Å². The van der Waals surface area contributed by atoms with E-state index in [1.807, 2.05) is 20.8 Å². The monoisotopic (exact) mass is 273 g/mol. The Balaban J connectivity index is 4.54. The van der Waals surface area contributed by atoms with Crippen molar-refractivity contribution in [3.8, 4) is 0 Å². The molecule has 0 bridgehead atoms. The summed E-state index contributed by atoms with van der Waals surface area (Å²) >= 11 is 0. The summed E-state index contributed by atoms with van der Waals surface area (Å²) in [4.78, 5) is 22.7. The first kappa shape index (κ1) is 17.9. The van der Waals surface area contributed by atoms with Crippen LogP contribution in [0.15, 0.2) is 0 Å². The number of nitrogens with one attached hydrogen (secondary N) is 1. The van der Waals surface area contributed by atoms with Gasteiger partial charge in [-0.25, -0.2) is 0 Å². The minimum atomic E-state index is -0.902. The summed E-state index contributed by atoms with van der Waals surface area (Å²) in [5.41, 5.74) is -0.715. The molecule has 0 aromatic heterocycles. The van der Waals surface area contributed by atoms with E-state index in [2.05, 4.69) is 5.32 Å². The highest BCUT2D eigenvalue weighted by atomic mass is 16.4. The van der Waals surface area contributed by atoms with E-state index in [0.717, 1.165) is 0 Å². The van der Waals surface area contributed by atoms with Gasteiger partial charge in [-0.1, -0.05) is 34.6 Å². The van der Waals surface area contributed by atoms with Gasteiger partial charge >= 0.3 is 5.97 Å². The van der Waals surface area contributed by atoms with Crippen LogP contribution in [0, 0.1) is 10.8 Å². The van der Waals surface area contributed by atoms with Crippen molar-refractivity contribution in [3.05, 3.63) is 0 Å². The summed E-state index contributed by atoms with van der Waals surface area (Å²) < 4.78 is 0. The van der Waals surface area contributed by atoms with Gasteiger partial charge in [0.2, 0.25) is 5.91 Å². The van der Waals surface area contributed by atoms with E-state index in [1.54, 1.807) is 13.8 Å². The smallest absolute Gasteiger partial charge is 0.303 e. The van der Waals surface area contributed by atoms with Crippen molar-refractivity contribution in [3.63, 3.8) is 0 Å². The van der Waals surface area contributed by atoms with Crippen LogP contribution in [0.2, 0.25) is 0 Å². The lowest BCUT2D eigenvalue weighted by atomic mass is 9.83. The molecule has 0 saturated heterocycles. The Kier molecular flexibility index (Phi) is 6.49. The predicted octanol–water partition coefficient (Wildman–Crippen LogP) is 1.79. The zero-order chi connectivity index (χ0) is 15.3. The van der Waals surface area contributed by atoms with E-state index in [4.69, 9.17) is 10.2 Å². The Morgan fingerprint density at radius 1 is 1.11 bits per heavy atom. The van der Waals surface area contributed by atoms with Gasteiger partial charge in [0, 0.05) is 19.1 Å². The third kappa shape index (κ3) is 7.82.